The van der Waals surface area contributed by atoms with E-state index in [0.717, 1.165) is 0 Å². The molecule has 0 saturated heterocycles. The Morgan fingerprint density at radius 1 is 1.64 bits per heavy atom. The third-order valence-electron chi connectivity index (χ3n) is 1.43. The molecule has 0 aromatic carbocycles. The number of carbonyl (C=O) groups is 1. The second-order valence-corrected chi connectivity index (χ2v) is 3.24. The highest BCUT2D eigenvalue weighted by atomic mass is 79.9. The maximum absolute atomic E-state index is 10.5. The fraction of sp³-hybridized carbons (Fsp3) is 0.143. The Hall–Kier alpha value is -1.50. The molecule has 0 fully saturated rings. The van der Waals surface area contributed by atoms with Crippen LogP contribution in [0.3, 0.4) is 0 Å². The van der Waals surface area contributed by atoms with Crippen molar-refractivity contribution in [1.82, 2.24) is 4.98 Å². The molecule has 6 nitrogen and oxygen atoms in total. The molecule has 74 valence electrons. The van der Waals surface area contributed by atoms with Gasteiger partial charge in [-0.05, 0) is 22.0 Å². The van der Waals surface area contributed by atoms with E-state index in [9.17, 15) is 14.9 Å². The minimum Gasteiger partial charge on any atom is -0.481 e. The average molecular weight is 261 g/mol. The van der Waals surface area contributed by atoms with Crippen molar-refractivity contribution < 1.29 is 14.8 Å². The summed E-state index contributed by atoms with van der Waals surface area (Å²) in [4.78, 5) is 23.9. The van der Waals surface area contributed by atoms with Crippen LogP contribution < -0.4 is 0 Å². The van der Waals surface area contributed by atoms with Crippen LogP contribution in [-0.4, -0.2) is 21.0 Å². The molecule has 0 saturated carbocycles. The Labute approximate surface area is 86.9 Å². The number of aromatic nitrogens is 1. The minimum atomic E-state index is -1.15. The summed E-state index contributed by atoms with van der Waals surface area (Å²) in [6, 6.07) is 2.61. The van der Waals surface area contributed by atoms with Gasteiger partial charge in [-0.2, -0.15) is 0 Å². The van der Waals surface area contributed by atoms with E-state index in [1.165, 1.54) is 12.1 Å². The normalized spacial score (nSPS) is 9.79. The topological polar surface area (TPSA) is 93.3 Å². The quantitative estimate of drug-likeness (QED) is 0.504. The van der Waals surface area contributed by atoms with Crippen LogP contribution >= 0.6 is 15.9 Å². The van der Waals surface area contributed by atoms with Crippen LogP contribution in [-0.2, 0) is 11.2 Å². The molecule has 0 aliphatic rings. The first kappa shape index (κ1) is 10.6. The number of rotatable bonds is 3. The van der Waals surface area contributed by atoms with Gasteiger partial charge in [0, 0.05) is 6.07 Å². The number of nitro groups is 1. The third-order valence-corrected chi connectivity index (χ3v) is 1.87. The van der Waals surface area contributed by atoms with Gasteiger partial charge >= 0.3 is 5.97 Å². The highest BCUT2D eigenvalue weighted by Crippen LogP contribution is 2.19. The van der Waals surface area contributed by atoms with E-state index in [2.05, 4.69) is 20.9 Å². The van der Waals surface area contributed by atoms with Gasteiger partial charge in [0.1, 0.15) is 10.3 Å². The van der Waals surface area contributed by atoms with E-state index in [4.69, 9.17) is 5.11 Å². The van der Waals surface area contributed by atoms with Crippen LogP contribution in [0.4, 0.5) is 5.69 Å². The van der Waals surface area contributed by atoms with Crippen LogP contribution in [0.25, 0.3) is 0 Å². The summed E-state index contributed by atoms with van der Waals surface area (Å²) in [5.41, 5.74) is -0.340. The van der Waals surface area contributed by atoms with Gasteiger partial charge in [-0.3, -0.25) is 14.9 Å². The van der Waals surface area contributed by atoms with Crippen molar-refractivity contribution in [2.24, 2.45) is 0 Å². The van der Waals surface area contributed by atoms with E-state index in [1.807, 2.05) is 0 Å². The summed E-state index contributed by atoms with van der Waals surface area (Å²) in [7, 11) is 0. The van der Waals surface area contributed by atoms with Crippen LogP contribution in [0, 0.1) is 10.1 Å². The number of hydrogen-bond acceptors (Lipinski definition) is 4. The van der Waals surface area contributed by atoms with Crippen LogP contribution in [0.15, 0.2) is 16.7 Å². The largest absolute Gasteiger partial charge is 0.481 e. The third kappa shape index (κ3) is 2.49. The number of pyridine rings is 1. The molecule has 0 unspecified atom stereocenters. The van der Waals surface area contributed by atoms with E-state index < -0.39 is 17.3 Å². The number of halogens is 1. The lowest BCUT2D eigenvalue weighted by Gasteiger charge is -1.99. The minimum absolute atomic E-state index is 0.0584. The predicted molar refractivity (Wildman–Crippen MR) is 49.9 cm³/mol. The second kappa shape index (κ2) is 4.14. The van der Waals surface area contributed by atoms with Gasteiger partial charge in [0.05, 0.1) is 11.3 Å². The first-order valence-corrected chi connectivity index (χ1v) is 4.31. The van der Waals surface area contributed by atoms with Crippen LogP contribution in [0.2, 0.25) is 0 Å². The van der Waals surface area contributed by atoms with Crippen LogP contribution in [0.5, 0.6) is 0 Å². The molecule has 0 radical (unpaired) electrons. The first-order valence-electron chi connectivity index (χ1n) is 3.52. The number of carboxylic acid groups (broad SMARTS) is 1. The maximum atomic E-state index is 10.5. The zero-order valence-electron chi connectivity index (χ0n) is 6.81. The molecule has 1 rings (SSSR count). The number of carboxylic acids is 1. The molecule has 1 aromatic rings. The van der Waals surface area contributed by atoms with Gasteiger partial charge in [0.25, 0.3) is 5.69 Å². The highest BCUT2D eigenvalue weighted by Gasteiger charge is 2.17. The summed E-state index contributed by atoms with van der Waals surface area (Å²) >= 11 is 3.01. The van der Waals surface area contributed by atoms with Gasteiger partial charge in [-0.25, -0.2) is 4.98 Å². The van der Waals surface area contributed by atoms with Crippen molar-refractivity contribution in [1.29, 1.82) is 0 Å². The summed E-state index contributed by atoms with van der Waals surface area (Å²) in [5, 5.41) is 19.0. The van der Waals surface area contributed by atoms with E-state index in [0.29, 0.717) is 4.60 Å². The molecule has 0 atom stereocenters. The van der Waals surface area contributed by atoms with E-state index in [-0.39, 0.29) is 11.4 Å². The molecule has 0 spiro atoms. The number of hydrogen-bond donors (Lipinski definition) is 1. The number of aliphatic carboxylic acids is 1. The Balaban J connectivity index is 3.15. The summed E-state index contributed by atoms with van der Waals surface area (Å²) < 4.78 is 0.374. The Bertz CT molecular complexity index is 393. The summed E-state index contributed by atoms with van der Waals surface area (Å²) in [5.74, 6) is -1.15. The maximum Gasteiger partial charge on any atom is 0.309 e. The van der Waals surface area contributed by atoms with E-state index in [1.54, 1.807) is 0 Å². The smallest absolute Gasteiger partial charge is 0.309 e. The van der Waals surface area contributed by atoms with Gasteiger partial charge < -0.3 is 5.11 Å². The lowest BCUT2D eigenvalue weighted by Crippen LogP contribution is -2.06. The highest BCUT2D eigenvalue weighted by molar-refractivity contribution is 9.10. The Kier molecular flexibility index (Phi) is 3.13. The Morgan fingerprint density at radius 2 is 2.29 bits per heavy atom. The molecule has 0 bridgehead atoms. The zero-order chi connectivity index (χ0) is 10.7. The number of nitrogens with zero attached hydrogens (tertiary/aromatic N) is 2. The van der Waals surface area contributed by atoms with E-state index >= 15 is 0 Å². The summed E-state index contributed by atoms with van der Waals surface area (Å²) in [6.07, 6.45) is -0.463. The van der Waals surface area contributed by atoms with Gasteiger partial charge in [-0.1, -0.05) is 0 Å². The van der Waals surface area contributed by atoms with Crippen molar-refractivity contribution in [3.8, 4) is 0 Å². The van der Waals surface area contributed by atoms with Gasteiger partial charge in [0.2, 0.25) is 0 Å². The van der Waals surface area contributed by atoms with Gasteiger partial charge in [0.15, 0.2) is 0 Å². The van der Waals surface area contributed by atoms with Crippen molar-refractivity contribution in [3.05, 3.63) is 32.5 Å². The lowest BCUT2D eigenvalue weighted by molar-refractivity contribution is -0.385. The van der Waals surface area contributed by atoms with Crippen molar-refractivity contribution in [2.45, 2.75) is 6.42 Å². The lowest BCUT2D eigenvalue weighted by atomic mass is 10.2. The molecular formula is C7H5BrN2O4. The first-order chi connectivity index (χ1) is 6.50. The monoisotopic (exact) mass is 260 g/mol. The van der Waals surface area contributed by atoms with Crippen molar-refractivity contribution in [3.63, 3.8) is 0 Å². The van der Waals surface area contributed by atoms with Crippen molar-refractivity contribution >= 4 is 27.6 Å². The molecule has 1 heterocycles. The standard InChI is InChI=1S/C7H5BrN2O4/c8-6-2-1-5(10(13)14)4(9-6)3-7(11)12/h1-2H,3H2,(H,11,12). The molecule has 0 amide bonds. The molecular weight excluding hydrogens is 256 g/mol. The van der Waals surface area contributed by atoms with Crippen molar-refractivity contribution in [2.75, 3.05) is 0 Å². The molecule has 14 heavy (non-hydrogen) atoms. The molecule has 0 aliphatic heterocycles. The molecule has 0 aliphatic carbocycles. The molecule has 1 N–H and O–H groups in total. The zero-order valence-corrected chi connectivity index (χ0v) is 8.39. The second-order valence-electron chi connectivity index (χ2n) is 2.43. The SMILES string of the molecule is O=C(O)Cc1nc(Br)ccc1[N+](=O)[O-]. The fourth-order valence-electron chi connectivity index (χ4n) is 0.907. The predicted octanol–water partition coefficient (Wildman–Crippen LogP) is 1.38. The Morgan fingerprint density at radius 3 is 2.79 bits per heavy atom. The summed E-state index contributed by atoms with van der Waals surface area (Å²) in [6.45, 7) is 0. The fourth-order valence-corrected chi connectivity index (χ4v) is 1.25. The van der Waals surface area contributed by atoms with Crippen LogP contribution in [0.1, 0.15) is 5.69 Å². The average Bonchev–Trinajstić information content (AvgIpc) is 2.01. The molecule has 7 heteroatoms. The molecule has 1 aromatic heterocycles. The van der Waals surface area contributed by atoms with Gasteiger partial charge in [-0.15, -0.1) is 0 Å².